The van der Waals surface area contributed by atoms with E-state index in [4.69, 9.17) is 0 Å². The number of nitrogens with one attached hydrogen (secondary N) is 1. The van der Waals surface area contributed by atoms with Crippen LogP contribution in [0.25, 0.3) is 22.6 Å². The minimum Gasteiger partial charge on any atom is -0.340 e. The van der Waals surface area contributed by atoms with E-state index in [1.54, 1.807) is 11.1 Å². The standard InChI is InChI=1S/C24H15F6N5/c25-17-3-1-2-16(22(17)27)23-33-20-10-32-35(12-21(20)34-23)11-13-4-7-19(31-9-13)15-6-5-14(8-18(15)26)24(28,29)30/h1-10H,11-12H2,(H,33,34). The second kappa shape index (κ2) is 8.57. The molecule has 0 unspecified atom stereocenters. The van der Waals surface area contributed by atoms with Gasteiger partial charge in [-0.1, -0.05) is 12.1 Å². The molecule has 4 aromatic rings. The molecule has 5 nitrogen and oxygen atoms in total. The number of imidazole rings is 1. The average Bonchev–Trinajstić information content (AvgIpc) is 3.24. The molecule has 11 heteroatoms. The fourth-order valence-electron chi connectivity index (χ4n) is 3.71. The van der Waals surface area contributed by atoms with Crippen molar-refractivity contribution >= 4 is 6.21 Å². The molecule has 0 saturated heterocycles. The highest BCUT2D eigenvalue weighted by Gasteiger charge is 2.31. The first-order valence-corrected chi connectivity index (χ1v) is 10.3. The molecule has 0 saturated carbocycles. The Labute approximate surface area is 194 Å². The van der Waals surface area contributed by atoms with Crippen LogP contribution < -0.4 is 0 Å². The lowest BCUT2D eigenvalue weighted by atomic mass is 10.1. The van der Waals surface area contributed by atoms with E-state index in [1.807, 2.05) is 0 Å². The van der Waals surface area contributed by atoms with Gasteiger partial charge in [-0.2, -0.15) is 18.3 Å². The number of aromatic nitrogens is 3. The molecule has 35 heavy (non-hydrogen) atoms. The van der Waals surface area contributed by atoms with Crippen molar-refractivity contribution in [1.82, 2.24) is 20.0 Å². The lowest BCUT2D eigenvalue weighted by Crippen LogP contribution is -2.21. The monoisotopic (exact) mass is 487 g/mol. The van der Waals surface area contributed by atoms with E-state index in [0.717, 1.165) is 23.8 Å². The first kappa shape index (κ1) is 22.6. The van der Waals surface area contributed by atoms with Crippen LogP contribution in [-0.4, -0.2) is 26.2 Å². The minimum absolute atomic E-state index is 0.00892. The number of aromatic amines is 1. The molecule has 178 valence electrons. The van der Waals surface area contributed by atoms with Crippen LogP contribution in [0, 0.1) is 17.5 Å². The molecule has 0 radical (unpaired) electrons. The lowest BCUT2D eigenvalue weighted by Gasteiger charge is -2.21. The van der Waals surface area contributed by atoms with Gasteiger partial charge in [-0.25, -0.2) is 18.2 Å². The summed E-state index contributed by atoms with van der Waals surface area (Å²) in [6.07, 6.45) is -1.65. The van der Waals surface area contributed by atoms with Gasteiger partial charge in [-0.15, -0.1) is 0 Å². The second-order valence-electron chi connectivity index (χ2n) is 7.86. The highest BCUT2D eigenvalue weighted by atomic mass is 19.4. The predicted molar refractivity (Wildman–Crippen MR) is 115 cm³/mol. The van der Waals surface area contributed by atoms with Gasteiger partial charge in [-0.05, 0) is 42.0 Å². The third kappa shape index (κ3) is 4.48. The smallest absolute Gasteiger partial charge is 0.340 e. The Balaban J connectivity index is 1.30. The third-order valence-corrected chi connectivity index (χ3v) is 5.46. The molecule has 2 aromatic carbocycles. The Morgan fingerprint density at radius 3 is 2.49 bits per heavy atom. The maximum Gasteiger partial charge on any atom is 0.416 e. The summed E-state index contributed by atoms with van der Waals surface area (Å²) in [5.41, 5.74) is 0.979. The van der Waals surface area contributed by atoms with Crippen LogP contribution in [0.3, 0.4) is 0 Å². The number of H-pyrrole nitrogens is 1. The number of rotatable bonds is 4. The number of benzene rings is 2. The molecule has 2 aromatic heterocycles. The number of fused-ring (bicyclic) bond motifs is 1. The molecule has 1 aliphatic heterocycles. The van der Waals surface area contributed by atoms with Crippen LogP contribution in [0.5, 0.6) is 0 Å². The van der Waals surface area contributed by atoms with Crippen molar-refractivity contribution in [3.8, 4) is 22.6 Å². The Bertz CT molecular complexity index is 1430. The summed E-state index contributed by atoms with van der Waals surface area (Å²) >= 11 is 0. The van der Waals surface area contributed by atoms with Crippen LogP contribution >= 0.6 is 0 Å². The van der Waals surface area contributed by atoms with Gasteiger partial charge < -0.3 is 4.98 Å². The third-order valence-electron chi connectivity index (χ3n) is 5.46. The van der Waals surface area contributed by atoms with Crippen molar-refractivity contribution in [3.63, 3.8) is 0 Å². The van der Waals surface area contributed by atoms with Crippen LogP contribution in [0.4, 0.5) is 26.3 Å². The summed E-state index contributed by atoms with van der Waals surface area (Å²) in [7, 11) is 0. The lowest BCUT2D eigenvalue weighted by molar-refractivity contribution is -0.137. The number of hydrazone groups is 1. The summed E-state index contributed by atoms with van der Waals surface area (Å²) in [5, 5.41) is 5.99. The van der Waals surface area contributed by atoms with Gasteiger partial charge in [0.25, 0.3) is 0 Å². The highest BCUT2D eigenvalue weighted by Crippen LogP contribution is 2.32. The summed E-state index contributed by atoms with van der Waals surface area (Å²) in [5.74, 6) is -2.80. The topological polar surface area (TPSA) is 57.2 Å². The van der Waals surface area contributed by atoms with Gasteiger partial charge in [0.15, 0.2) is 11.6 Å². The molecule has 1 N–H and O–H groups in total. The number of nitrogens with zero attached hydrogens (tertiary/aromatic N) is 4. The fourth-order valence-corrected chi connectivity index (χ4v) is 3.71. The van der Waals surface area contributed by atoms with E-state index in [-0.39, 0.29) is 22.6 Å². The first-order valence-electron chi connectivity index (χ1n) is 10.3. The SMILES string of the molecule is Fc1cc(C(F)(F)F)ccc1-c1ccc(CN2Cc3[nH]c(-c4cccc(F)c4F)nc3C=N2)cn1. The van der Waals surface area contributed by atoms with Crippen LogP contribution in [-0.2, 0) is 19.3 Å². The number of hydrogen-bond donors (Lipinski definition) is 1. The largest absolute Gasteiger partial charge is 0.416 e. The molecule has 0 amide bonds. The van der Waals surface area contributed by atoms with Gasteiger partial charge in [0, 0.05) is 11.8 Å². The maximum atomic E-state index is 14.2. The van der Waals surface area contributed by atoms with Crippen LogP contribution in [0.1, 0.15) is 22.5 Å². The zero-order valence-corrected chi connectivity index (χ0v) is 17.7. The zero-order chi connectivity index (χ0) is 24.7. The summed E-state index contributed by atoms with van der Waals surface area (Å²) in [4.78, 5) is 11.5. The van der Waals surface area contributed by atoms with Crippen molar-refractivity contribution in [2.45, 2.75) is 19.3 Å². The van der Waals surface area contributed by atoms with E-state index < -0.39 is 29.2 Å². The van der Waals surface area contributed by atoms with Crippen molar-refractivity contribution in [1.29, 1.82) is 0 Å². The van der Waals surface area contributed by atoms with Crippen LogP contribution in [0.2, 0.25) is 0 Å². The van der Waals surface area contributed by atoms with Gasteiger partial charge in [0.2, 0.25) is 0 Å². The van der Waals surface area contributed by atoms with Gasteiger partial charge in [-0.3, -0.25) is 9.99 Å². The Kier molecular flexibility index (Phi) is 5.54. The van der Waals surface area contributed by atoms with Crippen molar-refractivity contribution in [2.75, 3.05) is 0 Å². The Hall–Kier alpha value is -4.15. The highest BCUT2D eigenvalue weighted by molar-refractivity contribution is 5.80. The molecule has 0 bridgehead atoms. The quantitative estimate of drug-likeness (QED) is 0.364. The Morgan fingerprint density at radius 2 is 1.77 bits per heavy atom. The molecule has 5 rings (SSSR count). The molecule has 3 heterocycles. The van der Waals surface area contributed by atoms with E-state index in [1.165, 1.54) is 30.6 Å². The molecular weight excluding hydrogens is 472 g/mol. The summed E-state index contributed by atoms with van der Waals surface area (Å²) < 4.78 is 80.2. The summed E-state index contributed by atoms with van der Waals surface area (Å²) in [6.45, 7) is 0.631. The first-order chi connectivity index (χ1) is 16.7. The molecule has 0 aliphatic carbocycles. The van der Waals surface area contributed by atoms with Crippen LogP contribution in [0.15, 0.2) is 59.8 Å². The van der Waals surface area contributed by atoms with Gasteiger partial charge >= 0.3 is 6.18 Å². The molecule has 1 aliphatic rings. The normalized spacial score (nSPS) is 13.3. The van der Waals surface area contributed by atoms with E-state index >= 15 is 0 Å². The van der Waals surface area contributed by atoms with E-state index in [2.05, 4.69) is 20.1 Å². The molecular formula is C24H15F6N5. The number of pyridine rings is 1. The zero-order valence-electron chi connectivity index (χ0n) is 17.7. The van der Waals surface area contributed by atoms with E-state index in [9.17, 15) is 26.3 Å². The maximum absolute atomic E-state index is 14.2. The van der Waals surface area contributed by atoms with E-state index in [0.29, 0.717) is 30.5 Å². The summed E-state index contributed by atoms with van der Waals surface area (Å²) in [6, 6.07) is 9.32. The number of halogens is 6. The predicted octanol–water partition coefficient (Wildman–Crippen LogP) is 5.92. The van der Waals surface area contributed by atoms with Crippen molar-refractivity contribution in [3.05, 3.63) is 94.7 Å². The van der Waals surface area contributed by atoms with Crippen molar-refractivity contribution in [2.24, 2.45) is 5.10 Å². The Morgan fingerprint density at radius 1 is 0.943 bits per heavy atom. The molecule has 0 spiro atoms. The van der Waals surface area contributed by atoms with Gasteiger partial charge in [0.1, 0.15) is 17.3 Å². The molecule has 0 fully saturated rings. The second-order valence-corrected chi connectivity index (χ2v) is 7.86. The fraction of sp³-hybridized carbons (Fsp3) is 0.125. The van der Waals surface area contributed by atoms with Crippen molar-refractivity contribution < 1.29 is 26.3 Å². The number of alkyl halides is 3. The average molecular weight is 487 g/mol. The van der Waals surface area contributed by atoms with Gasteiger partial charge in [0.05, 0.1) is 41.8 Å². The molecule has 0 atom stereocenters. The minimum atomic E-state index is -4.63. The number of hydrogen-bond acceptors (Lipinski definition) is 4.